The summed E-state index contributed by atoms with van der Waals surface area (Å²) in [5, 5.41) is 6.43. The number of aryl methyl sites for hydroxylation is 1. The van der Waals surface area contributed by atoms with Crippen molar-refractivity contribution < 1.29 is 14.0 Å². The summed E-state index contributed by atoms with van der Waals surface area (Å²) in [5.41, 5.74) is 8.43. The predicted molar refractivity (Wildman–Crippen MR) is 142 cm³/mol. The lowest BCUT2D eigenvalue weighted by molar-refractivity contribution is -0.118. The zero-order valence-electron chi connectivity index (χ0n) is 21.1. The number of aromatic amines is 1. The number of pyridine rings is 1. The molecule has 0 bridgehead atoms. The van der Waals surface area contributed by atoms with Crippen molar-refractivity contribution in [1.29, 1.82) is 0 Å². The molecule has 3 N–H and O–H groups in total. The maximum atomic E-state index is 13.8. The number of rotatable bonds is 5. The molecule has 4 aromatic rings. The van der Waals surface area contributed by atoms with E-state index < -0.39 is 5.82 Å². The van der Waals surface area contributed by atoms with E-state index in [4.69, 9.17) is 0 Å². The molecule has 0 spiro atoms. The quantitative estimate of drug-likeness (QED) is 0.274. The molecular formula is C26H28FN9O2. The van der Waals surface area contributed by atoms with E-state index in [9.17, 15) is 14.0 Å². The Morgan fingerprint density at radius 2 is 1.89 bits per heavy atom. The molecule has 5 heterocycles. The van der Waals surface area contributed by atoms with Crippen LogP contribution in [-0.2, 0) is 4.79 Å². The van der Waals surface area contributed by atoms with Crippen LogP contribution in [-0.4, -0.2) is 63.0 Å². The summed E-state index contributed by atoms with van der Waals surface area (Å²) in [5.74, 6) is 0.871. The van der Waals surface area contributed by atoms with Crippen molar-refractivity contribution in [2.75, 3.05) is 36.1 Å². The molecule has 0 aliphatic carbocycles. The van der Waals surface area contributed by atoms with Crippen LogP contribution in [0.25, 0.3) is 16.6 Å². The first kappa shape index (κ1) is 25.0. The van der Waals surface area contributed by atoms with Gasteiger partial charge in [-0.1, -0.05) is 18.2 Å². The smallest absolute Gasteiger partial charge is 0.209 e. The van der Waals surface area contributed by atoms with Crippen molar-refractivity contribution in [3.63, 3.8) is 0 Å². The molecule has 2 aliphatic heterocycles. The van der Waals surface area contributed by atoms with Gasteiger partial charge in [0, 0.05) is 56.4 Å². The van der Waals surface area contributed by atoms with Crippen LogP contribution in [0.4, 0.5) is 16.0 Å². The van der Waals surface area contributed by atoms with Gasteiger partial charge < -0.3 is 20.2 Å². The Labute approximate surface area is 218 Å². The lowest BCUT2D eigenvalue weighted by Gasteiger charge is -2.34. The number of amides is 1. The number of ketones is 1. The number of hydrogen-bond acceptors (Lipinski definition) is 8. The van der Waals surface area contributed by atoms with Crippen molar-refractivity contribution in [2.24, 2.45) is 0 Å². The highest BCUT2D eigenvalue weighted by molar-refractivity contribution is 6.09. The molecule has 3 aromatic heterocycles. The van der Waals surface area contributed by atoms with Crippen molar-refractivity contribution in [3.8, 4) is 5.69 Å². The summed E-state index contributed by atoms with van der Waals surface area (Å²) < 4.78 is 15.8. The zero-order valence-corrected chi connectivity index (χ0v) is 21.1. The van der Waals surface area contributed by atoms with Gasteiger partial charge in [0.1, 0.15) is 5.82 Å². The fraction of sp³-hybridized carbons (Fsp3) is 0.231. The molecule has 0 saturated carbocycles. The number of carbonyl (C=O) groups excluding carboxylic acids is 2. The van der Waals surface area contributed by atoms with Crippen LogP contribution in [0.2, 0.25) is 0 Å². The van der Waals surface area contributed by atoms with Gasteiger partial charge >= 0.3 is 0 Å². The largest absolute Gasteiger partial charge is 0.357 e. The van der Waals surface area contributed by atoms with E-state index in [-0.39, 0.29) is 11.2 Å². The molecule has 1 fully saturated rings. The van der Waals surface area contributed by atoms with Crippen LogP contribution in [0.5, 0.6) is 0 Å². The molecule has 11 nitrogen and oxygen atoms in total. The summed E-state index contributed by atoms with van der Waals surface area (Å²) in [6.45, 7) is 6.63. The number of aromatic nitrogens is 4. The van der Waals surface area contributed by atoms with Crippen molar-refractivity contribution in [1.82, 2.24) is 35.6 Å². The monoisotopic (exact) mass is 517 g/mol. The Kier molecular flexibility index (Phi) is 7.05. The summed E-state index contributed by atoms with van der Waals surface area (Å²) in [7, 11) is 0. The second-order valence-electron chi connectivity index (χ2n) is 8.90. The number of piperazine rings is 1. The van der Waals surface area contributed by atoms with E-state index in [2.05, 4.69) is 49.1 Å². The molecule has 38 heavy (non-hydrogen) atoms. The Morgan fingerprint density at radius 3 is 2.55 bits per heavy atom. The number of benzene rings is 1. The van der Waals surface area contributed by atoms with E-state index in [0.717, 1.165) is 56.0 Å². The molecule has 196 valence electrons. The van der Waals surface area contributed by atoms with Crippen molar-refractivity contribution in [2.45, 2.75) is 13.8 Å². The fourth-order valence-corrected chi connectivity index (χ4v) is 4.46. The van der Waals surface area contributed by atoms with Gasteiger partial charge in [-0.2, -0.15) is 5.10 Å². The van der Waals surface area contributed by atoms with Crippen molar-refractivity contribution in [3.05, 3.63) is 78.3 Å². The number of fused-ring (bicyclic) bond motifs is 1. The van der Waals surface area contributed by atoms with Gasteiger partial charge in [-0.05, 0) is 26.0 Å². The second-order valence-corrected chi connectivity index (χ2v) is 8.90. The minimum Gasteiger partial charge on any atom is -0.357 e. The van der Waals surface area contributed by atoms with Crippen molar-refractivity contribution >= 4 is 34.7 Å². The first-order chi connectivity index (χ1) is 18.5. The number of Topliss-reactive ketones (excluding diaryl/α,β-unsaturated/α-hetero) is 1. The average molecular weight is 518 g/mol. The minimum absolute atomic E-state index is 0.194. The first-order valence-corrected chi connectivity index (χ1v) is 12.2. The highest BCUT2D eigenvalue weighted by Gasteiger charge is 2.21. The third-order valence-corrected chi connectivity index (χ3v) is 6.34. The highest BCUT2D eigenvalue weighted by atomic mass is 19.1. The number of hydrazine groups is 2. The normalized spacial score (nSPS) is 14.9. The Bertz CT molecular complexity index is 1470. The van der Waals surface area contributed by atoms with Gasteiger partial charge in [-0.3, -0.25) is 9.59 Å². The third-order valence-electron chi connectivity index (χ3n) is 6.34. The number of para-hydroxylation sites is 1. The lowest BCUT2D eigenvalue weighted by Crippen LogP contribution is -2.46. The highest BCUT2D eigenvalue weighted by Crippen LogP contribution is 2.28. The second kappa shape index (κ2) is 10.7. The third kappa shape index (κ3) is 4.93. The standard InChI is InChI=1S/C15H18N4O.C11H10FN5O/c1-13-11-15(18-9-7-17(12-20)8-10-18)19(16-13)14-5-3-2-4-6-14;1-6(18)7-4-13-10-9(7)8(12)5-14-11(10)17-3-2-15-16-17/h2-6,11-12H,7-10H2,1H3;2-5,13,15-16H,1H3. The number of nitrogens with one attached hydrogen (secondary N) is 3. The summed E-state index contributed by atoms with van der Waals surface area (Å²) >= 11 is 0. The van der Waals surface area contributed by atoms with Gasteiger partial charge in [0.15, 0.2) is 17.4 Å². The molecule has 0 unspecified atom stereocenters. The Balaban J connectivity index is 0.000000156. The van der Waals surface area contributed by atoms with Crippen LogP contribution in [0.3, 0.4) is 0 Å². The molecule has 1 saturated heterocycles. The average Bonchev–Trinajstić information content (AvgIpc) is 3.70. The fourth-order valence-electron chi connectivity index (χ4n) is 4.46. The van der Waals surface area contributed by atoms with E-state index in [1.165, 1.54) is 13.1 Å². The van der Waals surface area contributed by atoms with Gasteiger partial charge in [0.25, 0.3) is 0 Å². The lowest BCUT2D eigenvalue weighted by atomic mass is 10.1. The van der Waals surface area contributed by atoms with Crippen LogP contribution in [0.15, 0.2) is 61.2 Å². The summed E-state index contributed by atoms with van der Waals surface area (Å²) in [4.78, 5) is 33.2. The van der Waals surface area contributed by atoms with Crippen LogP contribution in [0, 0.1) is 12.7 Å². The number of halogens is 1. The SMILES string of the molecule is CC(=O)c1c[nH]c2c(N3C=CNN3)ncc(F)c12.Cc1cc(N2CCN(C=O)CC2)n(-c2ccccc2)n1. The maximum Gasteiger partial charge on any atom is 0.209 e. The van der Waals surface area contributed by atoms with Crippen LogP contribution in [0.1, 0.15) is 23.0 Å². The summed E-state index contributed by atoms with van der Waals surface area (Å²) in [6, 6.07) is 12.2. The van der Waals surface area contributed by atoms with E-state index in [1.807, 2.05) is 34.7 Å². The topological polar surface area (TPSA) is 114 Å². The number of H-pyrrole nitrogens is 1. The minimum atomic E-state index is -0.517. The number of nitrogens with zero attached hydrogens (tertiary/aromatic N) is 6. The Morgan fingerprint density at radius 1 is 1.13 bits per heavy atom. The molecule has 1 amide bonds. The first-order valence-electron chi connectivity index (χ1n) is 12.2. The van der Waals surface area contributed by atoms with E-state index in [0.29, 0.717) is 16.9 Å². The Hall–Kier alpha value is -4.71. The molecule has 0 atom stereocenters. The van der Waals surface area contributed by atoms with Gasteiger partial charge in [0.2, 0.25) is 6.41 Å². The number of hydrogen-bond donors (Lipinski definition) is 3. The molecule has 2 aliphatic rings. The van der Waals surface area contributed by atoms with Gasteiger partial charge in [-0.15, -0.1) is 5.53 Å². The van der Waals surface area contributed by atoms with E-state index in [1.54, 1.807) is 17.4 Å². The maximum absolute atomic E-state index is 13.8. The van der Waals surface area contributed by atoms with Gasteiger partial charge in [-0.25, -0.2) is 19.1 Å². The van der Waals surface area contributed by atoms with Gasteiger partial charge in [0.05, 0.1) is 28.5 Å². The predicted octanol–water partition coefficient (Wildman–Crippen LogP) is 2.66. The number of anilines is 2. The van der Waals surface area contributed by atoms with Crippen LogP contribution < -0.4 is 20.9 Å². The molecule has 0 radical (unpaired) electrons. The summed E-state index contributed by atoms with van der Waals surface area (Å²) in [6.07, 6.45) is 6.90. The van der Waals surface area contributed by atoms with Crippen LogP contribution >= 0.6 is 0 Å². The number of carbonyl (C=O) groups is 2. The molecule has 12 heteroatoms. The van der Waals surface area contributed by atoms with E-state index >= 15 is 0 Å². The molecule has 1 aromatic carbocycles. The molecule has 6 rings (SSSR count). The zero-order chi connectivity index (χ0) is 26.6. The molecular weight excluding hydrogens is 489 g/mol.